The Labute approximate surface area is 215 Å². The largest absolute Gasteiger partial charge is 0.464 e. The van der Waals surface area contributed by atoms with Gasteiger partial charge in [0.15, 0.2) is 13.9 Å². The number of fused-ring (bicyclic) bond motifs is 1. The predicted octanol–water partition coefficient (Wildman–Crippen LogP) is 7.08. The fourth-order valence-electron chi connectivity index (χ4n) is 4.32. The van der Waals surface area contributed by atoms with Gasteiger partial charge in [-0.1, -0.05) is 81.4 Å². The Bertz CT molecular complexity index is 1150. The summed E-state index contributed by atoms with van der Waals surface area (Å²) < 4.78 is 19.8. The molecule has 1 amide bonds. The highest BCUT2D eigenvalue weighted by Crippen LogP contribution is 2.49. The standard InChI is InChI=1S/C30H37NO4Si/c1-22(32)31-25-17-18-27-26(21-25)30(23-13-9-7-10-14-23,24-15-11-8-12-16-24)35-28(34-27)19-20-33-36(5,6)29(2,3)4/h7-18,21,28H,19-20H2,1-6H3,(H,31,32). The molecule has 5 nitrogen and oxygen atoms in total. The van der Waals surface area contributed by atoms with Crippen LogP contribution in [0.1, 0.15) is 50.8 Å². The molecule has 0 saturated heterocycles. The lowest BCUT2D eigenvalue weighted by Crippen LogP contribution is -2.45. The molecule has 0 radical (unpaired) electrons. The number of amides is 1. The molecule has 6 heteroatoms. The first-order valence-corrected chi connectivity index (χ1v) is 15.5. The van der Waals surface area contributed by atoms with Crippen molar-refractivity contribution in [3.8, 4) is 5.75 Å². The summed E-state index contributed by atoms with van der Waals surface area (Å²) in [5, 5.41) is 3.04. The maximum Gasteiger partial charge on any atom is 0.221 e. The molecule has 36 heavy (non-hydrogen) atoms. The molecule has 4 rings (SSSR count). The van der Waals surface area contributed by atoms with Crippen molar-refractivity contribution in [1.29, 1.82) is 0 Å². The summed E-state index contributed by atoms with van der Waals surface area (Å²) in [6, 6.07) is 26.1. The average molecular weight is 504 g/mol. The van der Waals surface area contributed by atoms with Crippen LogP contribution in [0.3, 0.4) is 0 Å². The molecule has 1 heterocycles. The molecule has 1 unspecified atom stereocenters. The highest BCUT2D eigenvalue weighted by Gasteiger charge is 2.46. The van der Waals surface area contributed by atoms with Gasteiger partial charge in [0.1, 0.15) is 5.75 Å². The topological polar surface area (TPSA) is 56.8 Å². The highest BCUT2D eigenvalue weighted by molar-refractivity contribution is 6.74. The van der Waals surface area contributed by atoms with Crippen LogP contribution in [0.25, 0.3) is 0 Å². The third kappa shape index (κ3) is 5.26. The van der Waals surface area contributed by atoms with E-state index < -0.39 is 20.2 Å². The molecule has 1 atom stereocenters. The molecule has 190 valence electrons. The first-order chi connectivity index (χ1) is 17.0. The van der Waals surface area contributed by atoms with Gasteiger partial charge in [-0.3, -0.25) is 4.79 Å². The number of hydrogen-bond acceptors (Lipinski definition) is 4. The minimum absolute atomic E-state index is 0.127. The summed E-state index contributed by atoms with van der Waals surface area (Å²) >= 11 is 0. The van der Waals surface area contributed by atoms with E-state index in [1.165, 1.54) is 6.92 Å². The fraction of sp³-hybridized carbons (Fsp3) is 0.367. The molecule has 0 fully saturated rings. The van der Waals surface area contributed by atoms with Crippen LogP contribution in [0.15, 0.2) is 78.9 Å². The second-order valence-electron chi connectivity index (χ2n) is 10.9. The summed E-state index contributed by atoms with van der Waals surface area (Å²) in [7, 11) is -1.90. The summed E-state index contributed by atoms with van der Waals surface area (Å²) in [5.74, 6) is 0.610. The lowest BCUT2D eigenvalue weighted by atomic mass is 9.78. The van der Waals surface area contributed by atoms with Crippen LogP contribution in [0.4, 0.5) is 5.69 Å². The zero-order chi connectivity index (χ0) is 26.0. The summed E-state index contributed by atoms with van der Waals surface area (Å²) in [6.07, 6.45) is 0.0927. The smallest absolute Gasteiger partial charge is 0.221 e. The second kappa shape index (κ2) is 10.2. The van der Waals surface area contributed by atoms with E-state index in [9.17, 15) is 4.79 Å². The third-order valence-electron chi connectivity index (χ3n) is 7.23. The Morgan fingerprint density at radius 1 is 0.972 bits per heavy atom. The SMILES string of the molecule is CC(=O)Nc1ccc2c(c1)C(c1ccccc1)(c1ccccc1)OC(CCO[Si](C)(C)C(C)(C)C)O2. The Hall–Kier alpha value is -2.93. The lowest BCUT2D eigenvalue weighted by molar-refractivity contribution is -0.168. The van der Waals surface area contributed by atoms with Gasteiger partial charge in [-0.05, 0) is 47.5 Å². The molecule has 0 aliphatic carbocycles. The van der Waals surface area contributed by atoms with Gasteiger partial charge < -0.3 is 19.2 Å². The van der Waals surface area contributed by atoms with E-state index in [0.717, 1.165) is 22.4 Å². The Balaban J connectivity index is 1.78. The van der Waals surface area contributed by atoms with Crippen molar-refractivity contribution in [2.45, 2.75) is 64.1 Å². The zero-order valence-electron chi connectivity index (χ0n) is 22.1. The van der Waals surface area contributed by atoms with E-state index in [4.69, 9.17) is 13.9 Å². The van der Waals surface area contributed by atoms with E-state index in [1.54, 1.807) is 0 Å². The molecular weight excluding hydrogens is 466 g/mol. The first-order valence-electron chi connectivity index (χ1n) is 12.5. The summed E-state index contributed by atoms with van der Waals surface area (Å²) in [5.41, 5.74) is 2.64. The summed E-state index contributed by atoms with van der Waals surface area (Å²) in [4.78, 5) is 11.8. The number of anilines is 1. The van der Waals surface area contributed by atoms with Gasteiger partial charge >= 0.3 is 0 Å². The quantitative estimate of drug-likeness (QED) is 0.350. The van der Waals surface area contributed by atoms with E-state index in [-0.39, 0.29) is 10.9 Å². The number of hydrogen-bond donors (Lipinski definition) is 1. The second-order valence-corrected chi connectivity index (χ2v) is 15.7. The van der Waals surface area contributed by atoms with E-state index in [0.29, 0.717) is 18.7 Å². The van der Waals surface area contributed by atoms with Crippen molar-refractivity contribution < 1.29 is 18.7 Å². The van der Waals surface area contributed by atoms with Gasteiger partial charge in [-0.2, -0.15) is 0 Å². The van der Waals surface area contributed by atoms with E-state index in [2.05, 4.69) is 63.4 Å². The van der Waals surface area contributed by atoms with E-state index in [1.807, 2.05) is 54.6 Å². The van der Waals surface area contributed by atoms with Gasteiger partial charge in [0.25, 0.3) is 0 Å². The zero-order valence-corrected chi connectivity index (χ0v) is 23.1. The maximum atomic E-state index is 11.8. The van der Waals surface area contributed by atoms with Crippen LogP contribution in [-0.2, 0) is 19.6 Å². The molecule has 0 aromatic heterocycles. The average Bonchev–Trinajstić information content (AvgIpc) is 2.83. The van der Waals surface area contributed by atoms with Crippen molar-refractivity contribution in [2.24, 2.45) is 0 Å². The van der Waals surface area contributed by atoms with Crippen LogP contribution in [0, 0.1) is 0 Å². The van der Waals surface area contributed by atoms with Crippen molar-refractivity contribution >= 4 is 19.9 Å². The molecule has 1 N–H and O–H groups in total. The van der Waals surface area contributed by atoms with Gasteiger partial charge in [0.2, 0.25) is 12.2 Å². The minimum Gasteiger partial charge on any atom is -0.464 e. The molecule has 0 spiro atoms. The molecule has 3 aromatic rings. The minimum atomic E-state index is -1.90. The monoisotopic (exact) mass is 503 g/mol. The molecule has 0 saturated carbocycles. The van der Waals surface area contributed by atoms with Gasteiger partial charge in [0, 0.05) is 31.2 Å². The van der Waals surface area contributed by atoms with Crippen LogP contribution in [-0.4, -0.2) is 27.1 Å². The van der Waals surface area contributed by atoms with Crippen molar-refractivity contribution in [3.63, 3.8) is 0 Å². The maximum absolute atomic E-state index is 11.8. The van der Waals surface area contributed by atoms with Crippen molar-refractivity contribution in [3.05, 3.63) is 95.6 Å². The van der Waals surface area contributed by atoms with Crippen molar-refractivity contribution in [1.82, 2.24) is 0 Å². The van der Waals surface area contributed by atoms with E-state index >= 15 is 0 Å². The van der Waals surface area contributed by atoms with Crippen LogP contribution in [0.5, 0.6) is 5.75 Å². The van der Waals surface area contributed by atoms with Gasteiger partial charge in [0.05, 0.1) is 0 Å². The molecule has 1 aliphatic heterocycles. The molecule has 3 aromatic carbocycles. The Morgan fingerprint density at radius 2 is 1.56 bits per heavy atom. The van der Waals surface area contributed by atoms with Crippen LogP contribution < -0.4 is 10.1 Å². The third-order valence-corrected chi connectivity index (χ3v) is 11.8. The van der Waals surface area contributed by atoms with Gasteiger partial charge in [-0.25, -0.2) is 0 Å². The number of benzene rings is 3. The normalized spacial score (nSPS) is 17.1. The first kappa shape index (κ1) is 26.1. The Kier molecular flexibility index (Phi) is 7.41. The van der Waals surface area contributed by atoms with Crippen molar-refractivity contribution in [2.75, 3.05) is 11.9 Å². The number of carbonyl (C=O) groups is 1. The molecular formula is C30H37NO4Si. The number of ether oxygens (including phenoxy) is 2. The van der Waals surface area contributed by atoms with Crippen LogP contribution in [0.2, 0.25) is 18.1 Å². The highest BCUT2D eigenvalue weighted by atomic mass is 28.4. The number of rotatable bonds is 7. The Morgan fingerprint density at radius 3 is 2.08 bits per heavy atom. The fourth-order valence-corrected chi connectivity index (χ4v) is 5.38. The predicted molar refractivity (Wildman–Crippen MR) is 147 cm³/mol. The van der Waals surface area contributed by atoms with Gasteiger partial charge in [-0.15, -0.1) is 0 Å². The van der Waals surface area contributed by atoms with Crippen LogP contribution >= 0.6 is 0 Å². The summed E-state index contributed by atoms with van der Waals surface area (Å²) in [6.45, 7) is 13.3. The molecule has 0 bridgehead atoms. The number of nitrogens with one attached hydrogen (secondary N) is 1. The number of carbonyl (C=O) groups excluding carboxylic acids is 1. The lowest BCUT2D eigenvalue weighted by Gasteiger charge is -2.44. The molecule has 1 aliphatic rings.